The molecule has 1 aliphatic carbocycles. The van der Waals surface area contributed by atoms with Crippen LogP contribution >= 0.6 is 0 Å². The molecule has 2 rings (SSSR count). The number of carbonyl (C=O) groups excluding carboxylic acids is 1. The highest BCUT2D eigenvalue weighted by molar-refractivity contribution is 5.91. The van der Waals surface area contributed by atoms with E-state index in [4.69, 9.17) is 0 Å². The summed E-state index contributed by atoms with van der Waals surface area (Å²) < 4.78 is 0. The van der Waals surface area contributed by atoms with E-state index in [0.29, 0.717) is 30.8 Å². The van der Waals surface area contributed by atoms with Crippen LogP contribution < -0.4 is 5.32 Å². The third-order valence-electron chi connectivity index (χ3n) is 4.51. The van der Waals surface area contributed by atoms with Gasteiger partial charge >= 0.3 is 0 Å². The summed E-state index contributed by atoms with van der Waals surface area (Å²) >= 11 is 0. The first-order valence-corrected chi connectivity index (χ1v) is 8.25. The number of rotatable bonds is 7. The van der Waals surface area contributed by atoms with Gasteiger partial charge in [0.1, 0.15) is 0 Å². The van der Waals surface area contributed by atoms with Crippen LogP contribution in [0.1, 0.15) is 37.7 Å². The molecule has 1 aromatic carbocycles. The van der Waals surface area contributed by atoms with E-state index in [1.54, 1.807) is 13.0 Å². The molecule has 1 aromatic rings. The Morgan fingerprint density at radius 1 is 1.42 bits per heavy atom. The molecule has 0 radical (unpaired) electrons. The first-order chi connectivity index (χ1) is 11.3. The summed E-state index contributed by atoms with van der Waals surface area (Å²) in [6, 6.07) is 4.37. The monoisotopic (exact) mass is 335 g/mol. The van der Waals surface area contributed by atoms with Crippen molar-refractivity contribution < 1.29 is 14.8 Å². The molecule has 1 aliphatic rings. The molecule has 0 saturated heterocycles. The summed E-state index contributed by atoms with van der Waals surface area (Å²) in [5.41, 5.74) is 0.643. The van der Waals surface area contributed by atoms with Gasteiger partial charge in [-0.15, -0.1) is 0 Å². The largest absolute Gasteiger partial charge is 0.389 e. The number of amides is 1. The lowest BCUT2D eigenvalue weighted by atomic mass is 10.0. The Labute approximate surface area is 141 Å². The van der Waals surface area contributed by atoms with Gasteiger partial charge < -0.3 is 15.3 Å². The van der Waals surface area contributed by atoms with Gasteiger partial charge in [0.25, 0.3) is 5.69 Å². The van der Waals surface area contributed by atoms with Crippen LogP contribution in [-0.4, -0.2) is 46.6 Å². The molecular formula is C17H25N3O4. The maximum Gasteiger partial charge on any atom is 0.269 e. The lowest BCUT2D eigenvalue weighted by Gasteiger charge is -2.28. The Hall–Kier alpha value is -1.99. The minimum absolute atomic E-state index is 0.00930. The molecule has 7 nitrogen and oxygen atoms in total. The lowest BCUT2D eigenvalue weighted by Crippen LogP contribution is -2.40. The fraction of sp³-hybridized carbons (Fsp3) is 0.588. The molecule has 7 heteroatoms. The number of nitrogens with one attached hydrogen (secondary N) is 1. The van der Waals surface area contributed by atoms with Crippen molar-refractivity contribution in [2.24, 2.45) is 0 Å². The smallest absolute Gasteiger partial charge is 0.269 e. The predicted molar refractivity (Wildman–Crippen MR) is 92.0 cm³/mol. The van der Waals surface area contributed by atoms with E-state index < -0.39 is 10.5 Å². The van der Waals surface area contributed by atoms with E-state index in [0.717, 1.165) is 25.7 Å². The van der Waals surface area contributed by atoms with Crippen molar-refractivity contribution in [1.29, 1.82) is 0 Å². The molecule has 1 fully saturated rings. The summed E-state index contributed by atoms with van der Waals surface area (Å²) in [5.74, 6) is -0.141. The number of non-ortho nitro benzene ring substituents is 1. The number of hydrogen-bond acceptors (Lipinski definition) is 5. The SMILES string of the molecule is Cc1cc([N+](=O)[O-])ccc1NC(=O)CCN(C)CC1(O)CCCC1. The summed E-state index contributed by atoms with van der Waals surface area (Å²) in [5, 5.41) is 23.9. The van der Waals surface area contributed by atoms with Crippen LogP contribution in [-0.2, 0) is 4.79 Å². The van der Waals surface area contributed by atoms with Gasteiger partial charge in [-0.3, -0.25) is 14.9 Å². The topological polar surface area (TPSA) is 95.7 Å². The van der Waals surface area contributed by atoms with Crippen molar-refractivity contribution in [3.05, 3.63) is 33.9 Å². The van der Waals surface area contributed by atoms with Crippen molar-refractivity contribution in [2.75, 3.05) is 25.5 Å². The van der Waals surface area contributed by atoms with E-state index in [1.807, 2.05) is 11.9 Å². The molecule has 0 atom stereocenters. The number of aliphatic hydroxyl groups is 1. The van der Waals surface area contributed by atoms with Crippen molar-refractivity contribution in [3.8, 4) is 0 Å². The number of hydrogen-bond donors (Lipinski definition) is 2. The fourth-order valence-electron chi connectivity index (χ4n) is 3.18. The summed E-state index contributed by atoms with van der Waals surface area (Å²) in [6.07, 6.45) is 4.08. The number of nitrogens with zero attached hydrogens (tertiary/aromatic N) is 2. The third kappa shape index (κ3) is 5.01. The molecule has 132 valence electrons. The molecule has 1 saturated carbocycles. The molecular weight excluding hydrogens is 310 g/mol. The second kappa shape index (κ2) is 7.72. The standard InChI is InChI=1S/C17H25N3O4/c1-13-11-14(20(23)24)5-6-15(13)18-16(21)7-10-19(2)12-17(22)8-3-4-9-17/h5-6,11,22H,3-4,7-10,12H2,1-2H3,(H,18,21). The van der Waals surface area contributed by atoms with E-state index >= 15 is 0 Å². The highest BCUT2D eigenvalue weighted by Gasteiger charge is 2.32. The number of carbonyl (C=O) groups is 1. The number of benzene rings is 1. The maximum absolute atomic E-state index is 12.1. The van der Waals surface area contributed by atoms with Gasteiger partial charge in [-0.1, -0.05) is 12.8 Å². The van der Waals surface area contributed by atoms with Gasteiger partial charge in [0, 0.05) is 37.3 Å². The minimum atomic E-state index is -0.611. The Morgan fingerprint density at radius 2 is 2.08 bits per heavy atom. The molecule has 0 aliphatic heterocycles. The number of aryl methyl sites for hydroxylation is 1. The van der Waals surface area contributed by atoms with Crippen molar-refractivity contribution in [3.63, 3.8) is 0 Å². The number of nitro benzene ring substituents is 1. The molecule has 1 amide bonds. The Kier molecular flexibility index (Phi) is 5.90. The molecule has 0 unspecified atom stereocenters. The van der Waals surface area contributed by atoms with Crippen molar-refractivity contribution >= 4 is 17.3 Å². The zero-order chi connectivity index (χ0) is 17.7. The Morgan fingerprint density at radius 3 is 2.67 bits per heavy atom. The fourth-order valence-corrected chi connectivity index (χ4v) is 3.18. The first-order valence-electron chi connectivity index (χ1n) is 8.25. The molecule has 0 spiro atoms. The van der Waals surface area contributed by atoms with Gasteiger partial charge in [-0.05, 0) is 38.4 Å². The average molecular weight is 335 g/mol. The predicted octanol–water partition coefficient (Wildman–Crippen LogP) is 2.47. The van der Waals surface area contributed by atoms with E-state index in [2.05, 4.69) is 5.32 Å². The molecule has 0 heterocycles. The van der Waals surface area contributed by atoms with Crippen LogP contribution in [0.15, 0.2) is 18.2 Å². The molecule has 2 N–H and O–H groups in total. The summed E-state index contributed by atoms with van der Waals surface area (Å²) in [4.78, 5) is 24.3. The molecule has 0 bridgehead atoms. The average Bonchev–Trinajstić information content (AvgIpc) is 2.93. The number of likely N-dealkylation sites (N-methyl/N-ethyl adjacent to an activating group) is 1. The van der Waals surface area contributed by atoms with Crippen LogP contribution in [0.5, 0.6) is 0 Å². The molecule has 0 aromatic heterocycles. The Bertz CT molecular complexity index is 612. The minimum Gasteiger partial charge on any atom is -0.389 e. The zero-order valence-corrected chi connectivity index (χ0v) is 14.2. The van der Waals surface area contributed by atoms with Crippen molar-refractivity contribution in [1.82, 2.24) is 4.90 Å². The third-order valence-corrected chi connectivity index (χ3v) is 4.51. The van der Waals surface area contributed by atoms with Gasteiger partial charge in [-0.2, -0.15) is 0 Å². The normalized spacial score (nSPS) is 16.3. The number of anilines is 1. The van der Waals surface area contributed by atoms with E-state index in [-0.39, 0.29) is 11.6 Å². The van der Waals surface area contributed by atoms with Gasteiger partial charge in [-0.25, -0.2) is 0 Å². The van der Waals surface area contributed by atoms with Crippen molar-refractivity contribution in [2.45, 2.75) is 44.6 Å². The van der Waals surface area contributed by atoms with Gasteiger partial charge in [0.15, 0.2) is 0 Å². The van der Waals surface area contributed by atoms with E-state index in [9.17, 15) is 20.0 Å². The van der Waals surface area contributed by atoms with Crippen LogP contribution in [0.2, 0.25) is 0 Å². The second-order valence-electron chi connectivity index (χ2n) is 6.72. The van der Waals surface area contributed by atoms with Crippen LogP contribution in [0.3, 0.4) is 0 Å². The number of nitro groups is 1. The van der Waals surface area contributed by atoms with E-state index in [1.165, 1.54) is 12.1 Å². The van der Waals surface area contributed by atoms with Crippen LogP contribution in [0.4, 0.5) is 11.4 Å². The second-order valence-corrected chi connectivity index (χ2v) is 6.72. The highest BCUT2D eigenvalue weighted by Crippen LogP contribution is 2.29. The van der Waals surface area contributed by atoms with Crippen LogP contribution in [0, 0.1) is 17.0 Å². The summed E-state index contributed by atoms with van der Waals surface area (Å²) in [7, 11) is 1.90. The first kappa shape index (κ1) is 18.4. The van der Waals surface area contributed by atoms with Crippen LogP contribution in [0.25, 0.3) is 0 Å². The van der Waals surface area contributed by atoms with Gasteiger partial charge in [0.2, 0.25) is 5.91 Å². The lowest BCUT2D eigenvalue weighted by molar-refractivity contribution is -0.384. The Balaban J connectivity index is 1.81. The summed E-state index contributed by atoms with van der Waals surface area (Å²) in [6.45, 7) is 2.86. The van der Waals surface area contributed by atoms with Gasteiger partial charge in [0.05, 0.1) is 10.5 Å². The zero-order valence-electron chi connectivity index (χ0n) is 14.2. The quantitative estimate of drug-likeness (QED) is 0.589. The molecule has 24 heavy (non-hydrogen) atoms. The highest BCUT2D eigenvalue weighted by atomic mass is 16.6. The maximum atomic E-state index is 12.1.